The van der Waals surface area contributed by atoms with Gasteiger partial charge >= 0.3 is 0 Å². The van der Waals surface area contributed by atoms with Crippen molar-refractivity contribution in [3.05, 3.63) is 42.2 Å². The van der Waals surface area contributed by atoms with Crippen LogP contribution >= 0.6 is 0 Å². The van der Waals surface area contributed by atoms with Crippen molar-refractivity contribution in [2.24, 2.45) is 0 Å². The van der Waals surface area contributed by atoms with Crippen molar-refractivity contribution in [1.82, 2.24) is 29.3 Å². The number of aromatic nitrogens is 5. The molecule has 0 saturated heterocycles. The lowest BCUT2D eigenvalue weighted by Crippen LogP contribution is -2.32. The van der Waals surface area contributed by atoms with Gasteiger partial charge in [-0.1, -0.05) is 0 Å². The maximum absolute atomic E-state index is 15.2. The third-order valence-electron chi connectivity index (χ3n) is 6.05. The van der Waals surface area contributed by atoms with Gasteiger partial charge in [-0.15, -0.1) is 5.10 Å². The summed E-state index contributed by atoms with van der Waals surface area (Å²) >= 11 is 0. The number of anilines is 1. The zero-order valence-corrected chi connectivity index (χ0v) is 18.5. The summed E-state index contributed by atoms with van der Waals surface area (Å²) in [5.41, 5.74) is 1.78. The van der Waals surface area contributed by atoms with Gasteiger partial charge in [0.2, 0.25) is 17.8 Å². The van der Waals surface area contributed by atoms with E-state index in [1.165, 1.54) is 31.1 Å². The van der Waals surface area contributed by atoms with E-state index in [4.69, 9.17) is 4.74 Å². The molecule has 0 aromatic carbocycles. The van der Waals surface area contributed by atoms with Crippen LogP contribution < -0.4 is 15.4 Å². The fraction of sp³-hybridized carbons (Fsp3) is 0.364. The molecule has 0 atom stereocenters. The molecule has 1 saturated carbocycles. The number of amides is 1. The molecule has 178 valence electrons. The smallest absolute Gasteiger partial charge is 0.269 e. The molecule has 0 bridgehead atoms. The summed E-state index contributed by atoms with van der Waals surface area (Å²) in [7, 11) is 2.92. The Morgan fingerprint density at radius 1 is 1.24 bits per heavy atom. The van der Waals surface area contributed by atoms with Crippen LogP contribution in [0, 0.1) is 5.82 Å². The Labute approximate surface area is 192 Å². The third kappa shape index (κ3) is 3.78. The number of alkyl halides is 2. The molecule has 1 fully saturated rings. The van der Waals surface area contributed by atoms with Crippen molar-refractivity contribution in [1.29, 1.82) is 0 Å². The summed E-state index contributed by atoms with van der Waals surface area (Å²) < 4.78 is 50.4. The van der Waals surface area contributed by atoms with Crippen LogP contribution in [0.4, 0.5) is 19.1 Å². The predicted octanol–water partition coefficient (Wildman–Crippen LogP) is 3.54. The zero-order valence-electron chi connectivity index (χ0n) is 18.5. The maximum atomic E-state index is 15.2. The lowest BCUT2D eigenvalue weighted by atomic mass is 9.92. The van der Waals surface area contributed by atoms with Crippen LogP contribution in [0.2, 0.25) is 0 Å². The van der Waals surface area contributed by atoms with Gasteiger partial charge in [0.05, 0.1) is 25.1 Å². The van der Waals surface area contributed by atoms with Gasteiger partial charge in [-0.2, -0.15) is 4.98 Å². The van der Waals surface area contributed by atoms with Crippen LogP contribution in [-0.2, 0) is 0 Å². The van der Waals surface area contributed by atoms with Crippen molar-refractivity contribution in [2.75, 3.05) is 19.5 Å². The topological polar surface area (TPSA) is 97.9 Å². The van der Waals surface area contributed by atoms with E-state index in [1.54, 1.807) is 22.7 Å². The van der Waals surface area contributed by atoms with Crippen molar-refractivity contribution >= 4 is 23.0 Å². The molecule has 2 N–H and O–H groups in total. The van der Waals surface area contributed by atoms with E-state index in [0.717, 1.165) is 0 Å². The second-order valence-corrected chi connectivity index (χ2v) is 8.23. The number of halogens is 3. The van der Waals surface area contributed by atoms with E-state index in [-0.39, 0.29) is 55.0 Å². The SMILES string of the molecule is CNC(=O)c1cnc2ccc(-c3c(F)cn4nc(NC5CCC(F)(F)CC5)nc(OC)c34)cn12. The standard InChI is InChI=1S/C22H22F3N7O2/c1-26-19(33)15-9-27-16-4-3-12(10-31(15)16)17-14(23)11-32-18(17)20(34-2)29-21(30-32)28-13-5-7-22(24,25)8-6-13/h3-4,9-11,13H,5-8H2,1-2H3,(H,26,33)(H,28,30). The van der Waals surface area contributed by atoms with Crippen molar-refractivity contribution in [2.45, 2.75) is 37.6 Å². The van der Waals surface area contributed by atoms with Gasteiger partial charge in [0.25, 0.3) is 5.91 Å². The second kappa shape index (κ2) is 8.19. The maximum Gasteiger partial charge on any atom is 0.269 e. The first-order valence-corrected chi connectivity index (χ1v) is 10.8. The molecule has 34 heavy (non-hydrogen) atoms. The minimum atomic E-state index is -2.65. The molecule has 0 aliphatic heterocycles. The number of hydrogen-bond acceptors (Lipinski definition) is 6. The minimum Gasteiger partial charge on any atom is -0.479 e. The predicted molar refractivity (Wildman–Crippen MR) is 118 cm³/mol. The first kappa shape index (κ1) is 22.0. The number of nitrogens with one attached hydrogen (secondary N) is 2. The zero-order chi connectivity index (χ0) is 24.0. The van der Waals surface area contributed by atoms with Gasteiger partial charge in [0.1, 0.15) is 16.9 Å². The van der Waals surface area contributed by atoms with Crippen molar-refractivity contribution in [3.8, 4) is 17.0 Å². The molecule has 9 nitrogen and oxygen atoms in total. The van der Waals surface area contributed by atoms with Crippen molar-refractivity contribution < 1.29 is 22.7 Å². The highest BCUT2D eigenvalue weighted by atomic mass is 19.3. The van der Waals surface area contributed by atoms with E-state index >= 15 is 4.39 Å². The molecule has 4 aromatic heterocycles. The van der Waals surface area contributed by atoms with Crippen LogP contribution in [0.5, 0.6) is 5.88 Å². The number of ether oxygens (including phenoxy) is 1. The fourth-order valence-electron chi connectivity index (χ4n) is 4.29. The summed E-state index contributed by atoms with van der Waals surface area (Å²) in [6.45, 7) is 0. The van der Waals surface area contributed by atoms with Crippen LogP contribution in [0.25, 0.3) is 22.3 Å². The molecular weight excluding hydrogens is 451 g/mol. The Kier molecular flexibility index (Phi) is 5.29. The van der Waals surface area contributed by atoms with Gasteiger partial charge in [0, 0.05) is 37.7 Å². The number of fused-ring (bicyclic) bond motifs is 2. The van der Waals surface area contributed by atoms with Crippen molar-refractivity contribution in [3.63, 3.8) is 0 Å². The average molecular weight is 473 g/mol. The summed E-state index contributed by atoms with van der Waals surface area (Å²) in [5, 5.41) is 9.95. The van der Waals surface area contributed by atoms with Crippen LogP contribution in [0.1, 0.15) is 36.2 Å². The van der Waals surface area contributed by atoms with Crippen LogP contribution in [-0.4, -0.2) is 56.0 Å². The van der Waals surface area contributed by atoms with E-state index in [9.17, 15) is 13.6 Å². The number of imidazole rings is 1. The quantitative estimate of drug-likeness (QED) is 0.460. The molecule has 5 rings (SSSR count). The highest BCUT2D eigenvalue weighted by molar-refractivity contribution is 5.93. The Balaban J connectivity index is 1.55. The van der Waals surface area contributed by atoms with Gasteiger partial charge in [-0.25, -0.2) is 22.7 Å². The number of carbonyl (C=O) groups is 1. The van der Waals surface area contributed by atoms with Crippen LogP contribution in [0.15, 0.2) is 30.7 Å². The number of methoxy groups -OCH3 is 1. The highest BCUT2D eigenvalue weighted by Crippen LogP contribution is 2.36. The molecule has 4 aromatic rings. The third-order valence-corrected chi connectivity index (χ3v) is 6.05. The molecule has 1 aliphatic rings. The van der Waals surface area contributed by atoms with Crippen LogP contribution in [0.3, 0.4) is 0 Å². The van der Waals surface area contributed by atoms with Gasteiger partial charge < -0.3 is 15.4 Å². The molecule has 0 unspecified atom stereocenters. The molecule has 1 amide bonds. The summed E-state index contributed by atoms with van der Waals surface area (Å²) in [6, 6.07) is 3.14. The monoisotopic (exact) mass is 473 g/mol. The molecule has 0 radical (unpaired) electrons. The average Bonchev–Trinajstić information content (AvgIpc) is 3.39. The Morgan fingerprint density at radius 3 is 2.71 bits per heavy atom. The Morgan fingerprint density at radius 2 is 2.00 bits per heavy atom. The largest absolute Gasteiger partial charge is 0.479 e. The molecule has 4 heterocycles. The number of nitrogens with zero attached hydrogens (tertiary/aromatic N) is 5. The first-order valence-electron chi connectivity index (χ1n) is 10.8. The van der Waals surface area contributed by atoms with Gasteiger partial charge in [0.15, 0.2) is 5.82 Å². The Hall–Kier alpha value is -3.83. The second-order valence-electron chi connectivity index (χ2n) is 8.23. The fourth-order valence-corrected chi connectivity index (χ4v) is 4.29. The number of hydrogen-bond donors (Lipinski definition) is 2. The summed E-state index contributed by atoms with van der Waals surface area (Å²) in [6.07, 6.45) is 4.39. The molecule has 12 heteroatoms. The lowest BCUT2D eigenvalue weighted by molar-refractivity contribution is -0.0361. The highest BCUT2D eigenvalue weighted by Gasteiger charge is 2.35. The van der Waals surface area contributed by atoms with Gasteiger partial charge in [-0.05, 0) is 25.0 Å². The van der Waals surface area contributed by atoms with E-state index < -0.39 is 11.7 Å². The van der Waals surface area contributed by atoms with E-state index in [2.05, 4.69) is 25.7 Å². The molecular formula is C22H22F3N7O2. The molecule has 0 spiro atoms. The molecule has 1 aliphatic carbocycles. The number of carbonyl (C=O) groups excluding carboxylic acids is 1. The van der Waals surface area contributed by atoms with E-state index in [1.807, 2.05) is 0 Å². The van der Waals surface area contributed by atoms with Gasteiger partial charge in [-0.3, -0.25) is 9.20 Å². The normalized spacial score (nSPS) is 16.1. The number of rotatable bonds is 5. The Bertz CT molecular complexity index is 1390. The lowest BCUT2D eigenvalue weighted by Gasteiger charge is -2.28. The summed E-state index contributed by atoms with van der Waals surface area (Å²) in [4.78, 5) is 20.7. The minimum absolute atomic E-state index is 0.120. The summed E-state index contributed by atoms with van der Waals surface area (Å²) in [5.74, 6) is -3.26. The first-order chi connectivity index (χ1) is 16.3. The van der Waals surface area contributed by atoms with E-state index in [0.29, 0.717) is 22.4 Å². The number of pyridine rings is 1.